The zero-order chi connectivity index (χ0) is 15.4. The molecule has 1 amide bonds. The molecule has 1 aromatic heterocycles. The second kappa shape index (κ2) is 7.40. The van der Waals surface area contributed by atoms with Crippen LogP contribution in [0.4, 0.5) is 0 Å². The van der Waals surface area contributed by atoms with Crippen LogP contribution >= 0.6 is 38.9 Å². The van der Waals surface area contributed by atoms with Crippen LogP contribution in [0.2, 0.25) is 5.02 Å². The summed E-state index contributed by atoms with van der Waals surface area (Å²) in [7, 11) is 1.63. The zero-order valence-corrected chi connectivity index (χ0v) is 14.8. The summed E-state index contributed by atoms with van der Waals surface area (Å²) >= 11 is 10.8. The molecule has 0 saturated heterocycles. The molecule has 0 bridgehead atoms. The second-order valence-electron chi connectivity index (χ2n) is 4.58. The zero-order valence-electron chi connectivity index (χ0n) is 11.6. The molecule has 2 rings (SSSR count). The summed E-state index contributed by atoms with van der Waals surface area (Å²) in [5, 5.41) is 5.51. The molecular weight excluding hydrogens is 374 g/mol. The van der Waals surface area contributed by atoms with E-state index in [1.807, 2.05) is 36.6 Å². The number of benzene rings is 1. The molecule has 21 heavy (non-hydrogen) atoms. The molecule has 1 heterocycles. The van der Waals surface area contributed by atoms with E-state index in [1.165, 1.54) is 11.3 Å². The van der Waals surface area contributed by atoms with Gasteiger partial charge in [0, 0.05) is 12.1 Å². The molecule has 0 aliphatic heterocycles. The molecule has 0 saturated carbocycles. The summed E-state index contributed by atoms with van der Waals surface area (Å²) in [6.45, 7) is 1.92. The van der Waals surface area contributed by atoms with E-state index in [2.05, 4.69) is 21.2 Å². The van der Waals surface area contributed by atoms with Crippen molar-refractivity contribution in [2.75, 3.05) is 7.11 Å². The lowest BCUT2D eigenvalue weighted by Crippen LogP contribution is -2.37. The fourth-order valence-electron chi connectivity index (χ4n) is 2.10. The summed E-state index contributed by atoms with van der Waals surface area (Å²) in [5.41, 5.74) is 1.61. The number of carbonyl (C=O) groups excluding carboxylic acids is 1. The molecule has 0 aliphatic rings. The Labute approximate surface area is 141 Å². The van der Waals surface area contributed by atoms with Crippen LogP contribution in [0.1, 0.15) is 28.9 Å². The first kappa shape index (κ1) is 16.5. The van der Waals surface area contributed by atoms with Gasteiger partial charge in [0.2, 0.25) is 0 Å². The smallest absolute Gasteiger partial charge is 0.253 e. The highest BCUT2D eigenvalue weighted by Gasteiger charge is 2.22. The first-order valence-electron chi connectivity index (χ1n) is 6.35. The fraction of sp³-hybridized carbons (Fsp3) is 0.267. The molecule has 0 fully saturated rings. The summed E-state index contributed by atoms with van der Waals surface area (Å²) < 4.78 is 6.35. The standard InChI is InChI=1S/C15H15BrClNO2S/c1-9(18-15(19)12-7-8-21-14(12)16)13(20-2)10-3-5-11(17)6-4-10/h3-9,13H,1-2H3,(H,18,19)/t9-,13-/m1/s1. The van der Waals surface area contributed by atoms with Gasteiger partial charge in [-0.3, -0.25) is 4.79 Å². The van der Waals surface area contributed by atoms with Crippen LogP contribution in [0.25, 0.3) is 0 Å². The average molecular weight is 389 g/mol. The molecule has 2 aromatic rings. The third kappa shape index (κ3) is 4.07. The Morgan fingerprint density at radius 3 is 2.52 bits per heavy atom. The number of hydrogen-bond donors (Lipinski definition) is 1. The minimum atomic E-state index is -0.233. The van der Waals surface area contributed by atoms with Gasteiger partial charge in [-0.25, -0.2) is 0 Å². The lowest BCUT2D eigenvalue weighted by molar-refractivity contribution is 0.0645. The van der Waals surface area contributed by atoms with Gasteiger partial charge in [-0.05, 0) is 52.0 Å². The first-order chi connectivity index (χ1) is 10.0. The average Bonchev–Trinajstić information content (AvgIpc) is 2.88. The van der Waals surface area contributed by atoms with E-state index >= 15 is 0 Å². The van der Waals surface area contributed by atoms with Gasteiger partial charge in [-0.2, -0.15) is 0 Å². The summed E-state index contributed by atoms with van der Waals surface area (Å²) in [6.07, 6.45) is -0.233. The molecule has 1 aromatic carbocycles. The van der Waals surface area contributed by atoms with Crippen LogP contribution in [-0.4, -0.2) is 19.1 Å². The molecule has 112 valence electrons. The van der Waals surface area contributed by atoms with Gasteiger partial charge in [0.05, 0.1) is 15.4 Å². The number of hydrogen-bond acceptors (Lipinski definition) is 3. The highest BCUT2D eigenvalue weighted by molar-refractivity contribution is 9.11. The molecule has 0 spiro atoms. The van der Waals surface area contributed by atoms with E-state index in [0.717, 1.165) is 9.35 Å². The Bertz CT molecular complexity index is 614. The van der Waals surface area contributed by atoms with Gasteiger partial charge in [-0.15, -0.1) is 11.3 Å². The predicted molar refractivity (Wildman–Crippen MR) is 90.1 cm³/mol. The lowest BCUT2D eigenvalue weighted by atomic mass is 10.0. The quantitative estimate of drug-likeness (QED) is 0.808. The Morgan fingerprint density at radius 1 is 1.33 bits per heavy atom. The molecule has 0 unspecified atom stereocenters. The number of halogens is 2. The Balaban J connectivity index is 2.10. The van der Waals surface area contributed by atoms with Crippen LogP contribution in [0.15, 0.2) is 39.5 Å². The largest absolute Gasteiger partial charge is 0.375 e. The Kier molecular flexibility index (Phi) is 5.81. The van der Waals surface area contributed by atoms with Crippen molar-refractivity contribution in [2.24, 2.45) is 0 Å². The van der Waals surface area contributed by atoms with E-state index in [4.69, 9.17) is 16.3 Å². The predicted octanol–water partition coefficient (Wildman–Crippen LogP) is 4.67. The van der Waals surface area contributed by atoms with Crippen LogP contribution in [0.3, 0.4) is 0 Å². The second-order valence-corrected chi connectivity index (χ2v) is 7.25. The molecule has 0 radical (unpaired) electrons. The number of amides is 1. The van der Waals surface area contributed by atoms with Crippen molar-refractivity contribution in [1.29, 1.82) is 0 Å². The normalized spacial score (nSPS) is 13.7. The summed E-state index contributed by atoms with van der Waals surface area (Å²) in [4.78, 5) is 12.2. The van der Waals surface area contributed by atoms with E-state index in [-0.39, 0.29) is 18.1 Å². The van der Waals surface area contributed by atoms with Crippen molar-refractivity contribution in [3.05, 3.63) is 55.6 Å². The first-order valence-corrected chi connectivity index (χ1v) is 8.40. The minimum Gasteiger partial charge on any atom is -0.375 e. The molecular formula is C15H15BrClNO2S. The fourth-order valence-corrected chi connectivity index (χ4v) is 3.47. The molecule has 6 heteroatoms. The maximum Gasteiger partial charge on any atom is 0.253 e. The lowest BCUT2D eigenvalue weighted by Gasteiger charge is -2.24. The molecule has 0 aliphatic carbocycles. The highest BCUT2D eigenvalue weighted by atomic mass is 79.9. The van der Waals surface area contributed by atoms with Gasteiger partial charge >= 0.3 is 0 Å². The SMILES string of the molecule is CO[C@@H](c1ccc(Cl)cc1)[C@@H](C)NC(=O)c1ccsc1Br. The van der Waals surface area contributed by atoms with E-state index in [0.29, 0.717) is 10.6 Å². The van der Waals surface area contributed by atoms with Crippen molar-refractivity contribution in [2.45, 2.75) is 19.1 Å². The van der Waals surface area contributed by atoms with Gasteiger partial charge in [0.1, 0.15) is 6.10 Å². The Morgan fingerprint density at radius 2 is 2.00 bits per heavy atom. The number of thiophene rings is 1. The number of rotatable bonds is 5. The third-order valence-electron chi connectivity index (χ3n) is 3.13. The van der Waals surface area contributed by atoms with E-state index in [9.17, 15) is 4.79 Å². The number of carbonyl (C=O) groups is 1. The third-order valence-corrected chi connectivity index (χ3v) is 5.07. The maximum absolute atomic E-state index is 12.2. The number of nitrogens with one attached hydrogen (secondary N) is 1. The van der Waals surface area contributed by atoms with Crippen molar-refractivity contribution >= 4 is 44.8 Å². The van der Waals surface area contributed by atoms with Crippen LogP contribution < -0.4 is 5.32 Å². The van der Waals surface area contributed by atoms with Crippen molar-refractivity contribution in [3.63, 3.8) is 0 Å². The van der Waals surface area contributed by atoms with Crippen molar-refractivity contribution in [3.8, 4) is 0 Å². The van der Waals surface area contributed by atoms with E-state index < -0.39 is 0 Å². The van der Waals surface area contributed by atoms with Crippen LogP contribution in [-0.2, 0) is 4.74 Å². The topological polar surface area (TPSA) is 38.3 Å². The number of ether oxygens (including phenoxy) is 1. The van der Waals surface area contributed by atoms with Gasteiger partial charge in [0.25, 0.3) is 5.91 Å². The molecule has 2 atom stereocenters. The van der Waals surface area contributed by atoms with Crippen LogP contribution in [0, 0.1) is 0 Å². The maximum atomic E-state index is 12.2. The monoisotopic (exact) mass is 387 g/mol. The van der Waals surface area contributed by atoms with Gasteiger partial charge in [-0.1, -0.05) is 23.7 Å². The molecule has 1 N–H and O–H groups in total. The number of methoxy groups -OCH3 is 1. The van der Waals surface area contributed by atoms with Gasteiger partial charge < -0.3 is 10.1 Å². The summed E-state index contributed by atoms with van der Waals surface area (Å²) in [6, 6.07) is 9.05. The summed E-state index contributed by atoms with van der Waals surface area (Å²) in [5.74, 6) is -0.119. The highest BCUT2D eigenvalue weighted by Crippen LogP contribution is 2.25. The minimum absolute atomic E-state index is 0.119. The molecule has 3 nitrogen and oxygen atoms in total. The van der Waals surface area contributed by atoms with Crippen LogP contribution in [0.5, 0.6) is 0 Å². The van der Waals surface area contributed by atoms with Gasteiger partial charge in [0.15, 0.2) is 0 Å². The van der Waals surface area contributed by atoms with Crippen molar-refractivity contribution in [1.82, 2.24) is 5.32 Å². The Hall–Kier alpha value is -0.880. The van der Waals surface area contributed by atoms with E-state index in [1.54, 1.807) is 13.2 Å². The van der Waals surface area contributed by atoms with Crippen molar-refractivity contribution < 1.29 is 9.53 Å².